The van der Waals surface area contributed by atoms with E-state index in [0.717, 1.165) is 37.5 Å². The van der Waals surface area contributed by atoms with Crippen LogP contribution in [0.1, 0.15) is 57.8 Å². The SMILES string of the molecule is O=C(CC1(O)CCCC1)NC(C1CC1)C1CC1. The van der Waals surface area contributed by atoms with Crippen LogP contribution >= 0.6 is 0 Å². The molecule has 17 heavy (non-hydrogen) atoms. The Bertz CT molecular complexity index is 289. The third-order valence-corrected chi connectivity index (χ3v) is 4.61. The first kappa shape index (κ1) is 11.5. The van der Waals surface area contributed by atoms with E-state index in [-0.39, 0.29) is 5.91 Å². The molecule has 0 aromatic heterocycles. The van der Waals surface area contributed by atoms with Gasteiger partial charge in [-0.25, -0.2) is 0 Å². The van der Waals surface area contributed by atoms with Crippen molar-refractivity contribution in [2.45, 2.75) is 69.4 Å². The lowest BCUT2D eigenvalue weighted by molar-refractivity contribution is -0.126. The van der Waals surface area contributed by atoms with Crippen molar-refractivity contribution in [2.75, 3.05) is 0 Å². The monoisotopic (exact) mass is 237 g/mol. The summed E-state index contributed by atoms with van der Waals surface area (Å²) >= 11 is 0. The Morgan fingerprint density at radius 3 is 2.18 bits per heavy atom. The number of rotatable bonds is 5. The van der Waals surface area contributed by atoms with E-state index in [1.807, 2.05) is 0 Å². The molecule has 0 aromatic rings. The highest BCUT2D eigenvalue weighted by atomic mass is 16.3. The molecule has 0 bridgehead atoms. The fraction of sp³-hybridized carbons (Fsp3) is 0.929. The predicted molar refractivity (Wildman–Crippen MR) is 65.4 cm³/mol. The van der Waals surface area contributed by atoms with Gasteiger partial charge in [-0.15, -0.1) is 0 Å². The van der Waals surface area contributed by atoms with E-state index in [4.69, 9.17) is 0 Å². The predicted octanol–water partition coefficient (Wildman–Crippen LogP) is 1.99. The minimum Gasteiger partial charge on any atom is -0.389 e. The Kier molecular flexibility index (Phi) is 2.89. The molecule has 3 fully saturated rings. The number of hydrogen-bond acceptors (Lipinski definition) is 2. The maximum Gasteiger partial charge on any atom is 0.223 e. The standard InChI is InChI=1S/C14H23NO2/c16-12(9-14(17)7-1-2-8-14)15-13(10-3-4-10)11-5-6-11/h10-11,13,17H,1-9H2,(H,15,16). The van der Waals surface area contributed by atoms with Gasteiger partial charge in [0.2, 0.25) is 5.91 Å². The summed E-state index contributed by atoms with van der Waals surface area (Å²) in [5, 5.41) is 13.4. The molecule has 0 heterocycles. The summed E-state index contributed by atoms with van der Waals surface area (Å²) in [6.07, 6.45) is 9.20. The van der Waals surface area contributed by atoms with Crippen molar-refractivity contribution in [3.8, 4) is 0 Å². The third-order valence-electron chi connectivity index (χ3n) is 4.61. The molecule has 3 rings (SSSR count). The zero-order chi connectivity index (χ0) is 11.9. The molecular weight excluding hydrogens is 214 g/mol. The summed E-state index contributed by atoms with van der Waals surface area (Å²) in [6, 6.07) is 0.424. The van der Waals surface area contributed by atoms with E-state index in [1.54, 1.807) is 0 Å². The van der Waals surface area contributed by atoms with Crippen LogP contribution in [-0.2, 0) is 4.79 Å². The van der Waals surface area contributed by atoms with Gasteiger partial charge in [0.1, 0.15) is 0 Å². The van der Waals surface area contributed by atoms with Crippen LogP contribution in [0.15, 0.2) is 0 Å². The first-order chi connectivity index (χ1) is 8.16. The maximum absolute atomic E-state index is 12.0. The van der Waals surface area contributed by atoms with Crippen molar-refractivity contribution in [3.63, 3.8) is 0 Å². The highest BCUT2D eigenvalue weighted by Crippen LogP contribution is 2.44. The van der Waals surface area contributed by atoms with Crippen LogP contribution < -0.4 is 5.32 Å². The quantitative estimate of drug-likeness (QED) is 0.768. The molecule has 3 heteroatoms. The smallest absolute Gasteiger partial charge is 0.223 e. The highest BCUT2D eigenvalue weighted by molar-refractivity contribution is 5.77. The van der Waals surface area contributed by atoms with Gasteiger partial charge in [0.25, 0.3) is 0 Å². The zero-order valence-corrected chi connectivity index (χ0v) is 10.5. The summed E-state index contributed by atoms with van der Waals surface area (Å²) in [6.45, 7) is 0. The average molecular weight is 237 g/mol. The molecule has 1 amide bonds. The van der Waals surface area contributed by atoms with Gasteiger partial charge in [0, 0.05) is 6.04 Å². The largest absolute Gasteiger partial charge is 0.389 e. The van der Waals surface area contributed by atoms with E-state index in [1.165, 1.54) is 25.7 Å². The van der Waals surface area contributed by atoms with Gasteiger partial charge < -0.3 is 10.4 Å². The Hall–Kier alpha value is -0.570. The third kappa shape index (κ3) is 2.82. The van der Waals surface area contributed by atoms with Crippen molar-refractivity contribution >= 4 is 5.91 Å². The van der Waals surface area contributed by atoms with Crippen LogP contribution in [0.5, 0.6) is 0 Å². The molecule has 2 N–H and O–H groups in total. The summed E-state index contributed by atoms with van der Waals surface area (Å²) < 4.78 is 0. The van der Waals surface area contributed by atoms with E-state index >= 15 is 0 Å². The van der Waals surface area contributed by atoms with Crippen molar-refractivity contribution in [2.24, 2.45) is 11.8 Å². The molecule has 0 radical (unpaired) electrons. The molecule has 3 nitrogen and oxygen atoms in total. The fourth-order valence-corrected chi connectivity index (χ4v) is 3.28. The number of carbonyl (C=O) groups excluding carboxylic acids is 1. The molecule has 96 valence electrons. The molecule has 0 spiro atoms. The van der Waals surface area contributed by atoms with Crippen LogP contribution in [0.2, 0.25) is 0 Å². The maximum atomic E-state index is 12.0. The molecular formula is C14H23NO2. The van der Waals surface area contributed by atoms with Crippen LogP contribution in [0.3, 0.4) is 0 Å². The molecule has 0 atom stereocenters. The topological polar surface area (TPSA) is 49.3 Å². The molecule has 0 saturated heterocycles. The van der Waals surface area contributed by atoms with Crippen LogP contribution in [-0.4, -0.2) is 22.7 Å². The highest BCUT2D eigenvalue weighted by Gasteiger charge is 2.43. The van der Waals surface area contributed by atoms with Crippen LogP contribution in [0.4, 0.5) is 0 Å². The van der Waals surface area contributed by atoms with Gasteiger partial charge >= 0.3 is 0 Å². The molecule has 0 aliphatic heterocycles. The van der Waals surface area contributed by atoms with E-state index in [0.29, 0.717) is 12.5 Å². The fourth-order valence-electron chi connectivity index (χ4n) is 3.28. The summed E-state index contributed by atoms with van der Waals surface area (Å²) in [7, 11) is 0. The minimum absolute atomic E-state index is 0.0817. The first-order valence-electron chi connectivity index (χ1n) is 7.18. The van der Waals surface area contributed by atoms with Gasteiger partial charge in [-0.1, -0.05) is 12.8 Å². The van der Waals surface area contributed by atoms with Crippen LogP contribution in [0.25, 0.3) is 0 Å². The Labute approximate surface area is 103 Å². The van der Waals surface area contributed by atoms with Crippen molar-refractivity contribution in [1.29, 1.82) is 0 Å². The zero-order valence-electron chi connectivity index (χ0n) is 10.5. The Morgan fingerprint density at radius 2 is 1.71 bits per heavy atom. The second-order valence-electron chi connectivity index (χ2n) is 6.38. The van der Waals surface area contributed by atoms with Gasteiger partial charge in [0.05, 0.1) is 12.0 Å². The van der Waals surface area contributed by atoms with Gasteiger partial charge in [-0.2, -0.15) is 0 Å². The van der Waals surface area contributed by atoms with E-state index in [2.05, 4.69) is 5.32 Å². The number of carbonyl (C=O) groups is 1. The lowest BCUT2D eigenvalue weighted by Crippen LogP contribution is -2.42. The van der Waals surface area contributed by atoms with E-state index < -0.39 is 5.60 Å². The lowest BCUT2D eigenvalue weighted by atomic mass is 9.97. The summed E-state index contributed by atoms with van der Waals surface area (Å²) in [5.41, 5.74) is -0.693. The molecule has 3 aliphatic carbocycles. The number of nitrogens with one attached hydrogen (secondary N) is 1. The number of amides is 1. The van der Waals surface area contributed by atoms with Gasteiger partial charge in [-0.05, 0) is 50.4 Å². The minimum atomic E-state index is -0.693. The number of aliphatic hydroxyl groups is 1. The van der Waals surface area contributed by atoms with Gasteiger partial charge in [0.15, 0.2) is 0 Å². The van der Waals surface area contributed by atoms with E-state index in [9.17, 15) is 9.90 Å². The van der Waals surface area contributed by atoms with Crippen molar-refractivity contribution in [3.05, 3.63) is 0 Å². The molecule has 3 aliphatic rings. The molecule has 0 aromatic carbocycles. The second kappa shape index (κ2) is 4.27. The Morgan fingerprint density at radius 1 is 1.18 bits per heavy atom. The van der Waals surface area contributed by atoms with Gasteiger partial charge in [-0.3, -0.25) is 4.79 Å². The average Bonchev–Trinajstić information content (AvgIpc) is 3.16. The Balaban J connectivity index is 1.51. The van der Waals surface area contributed by atoms with Crippen molar-refractivity contribution < 1.29 is 9.90 Å². The van der Waals surface area contributed by atoms with Crippen molar-refractivity contribution in [1.82, 2.24) is 5.32 Å². The molecule has 3 saturated carbocycles. The first-order valence-corrected chi connectivity index (χ1v) is 7.18. The number of hydrogen-bond donors (Lipinski definition) is 2. The van der Waals surface area contributed by atoms with Crippen LogP contribution in [0, 0.1) is 11.8 Å². The summed E-state index contributed by atoms with van der Waals surface area (Å²) in [5.74, 6) is 1.56. The lowest BCUT2D eigenvalue weighted by Gasteiger charge is -2.24. The second-order valence-corrected chi connectivity index (χ2v) is 6.38. The molecule has 0 unspecified atom stereocenters. The normalized spacial score (nSPS) is 27.4. The summed E-state index contributed by atoms with van der Waals surface area (Å²) in [4.78, 5) is 12.0.